The van der Waals surface area contributed by atoms with Gasteiger partial charge in [0.05, 0.1) is 23.8 Å². The van der Waals surface area contributed by atoms with Crippen molar-refractivity contribution in [3.63, 3.8) is 0 Å². The summed E-state index contributed by atoms with van der Waals surface area (Å²) in [7, 11) is 0. The number of carbonyl (C=O) groups excluding carboxylic acids is 3. The summed E-state index contributed by atoms with van der Waals surface area (Å²) >= 11 is 0. The first-order valence-electron chi connectivity index (χ1n) is 12.6. The number of Topliss-reactive ketones (excluding diaryl/α,β-unsaturated/α-hetero) is 1. The molecule has 7 nitrogen and oxygen atoms in total. The van der Waals surface area contributed by atoms with Gasteiger partial charge in [-0.3, -0.25) is 14.6 Å². The van der Waals surface area contributed by atoms with E-state index in [0.29, 0.717) is 16.7 Å². The zero-order valence-electron chi connectivity index (χ0n) is 22.3. The van der Waals surface area contributed by atoms with Crippen molar-refractivity contribution < 1.29 is 24.2 Å². The second-order valence-corrected chi connectivity index (χ2v) is 10.4. The number of aromatic nitrogens is 1. The first-order valence-corrected chi connectivity index (χ1v) is 12.6. The molecular weight excluding hydrogens is 480 g/mol. The molecule has 196 valence electrons. The Bertz CT molecular complexity index is 1400. The number of likely N-dealkylation sites (tertiary alicyclic amines) is 1. The molecule has 38 heavy (non-hydrogen) atoms. The normalized spacial score (nSPS) is 17.1. The van der Waals surface area contributed by atoms with Crippen LogP contribution in [0.15, 0.2) is 72.6 Å². The molecule has 1 aromatic heterocycles. The number of nitrogens with zero attached hydrogens (tertiary/aromatic N) is 2. The van der Waals surface area contributed by atoms with E-state index in [2.05, 4.69) is 25.8 Å². The summed E-state index contributed by atoms with van der Waals surface area (Å²) in [4.78, 5) is 44.3. The average Bonchev–Trinajstić information content (AvgIpc) is 3.14. The van der Waals surface area contributed by atoms with Crippen LogP contribution in [0.2, 0.25) is 0 Å². The molecule has 0 aliphatic carbocycles. The van der Waals surface area contributed by atoms with Gasteiger partial charge in [-0.15, -0.1) is 0 Å². The minimum Gasteiger partial charge on any atom is -0.507 e. The molecule has 1 fully saturated rings. The Morgan fingerprint density at radius 1 is 1.03 bits per heavy atom. The Hall–Kier alpha value is -4.26. The summed E-state index contributed by atoms with van der Waals surface area (Å²) in [5.41, 5.74) is 3.98. The second kappa shape index (κ2) is 10.6. The highest BCUT2D eigenvalue weighted by Crippen LogP contribution is 2.41. The van der Waals surface area contributed by atoms with Crippen molar-refractivity contribution >= 4 is 23.4 Å². The van der Waals surface area contributed by atoms with Crippen LogP contribution < -0.4 is 0 Å². The number of ketones is 1. The maximum absolute atomic E-state index is 13.4. The van der Waals surface area contributed by atoms with Gasteiger partial charge >= 0.3 is 5.97 Å². The fourth-order valence-corrected chi connectivity index (χ4v) is 4.58. The Morgan fingerprint density at radius 2 is 1.68 bits per heavy atom. The molecule has 1 unspecified atom stereocenters. The van der Waals surface area contributed by atoms with E-state index in [1.807, 2.05) is 25.1 Å². The third kappa shape index (κ3) is 5.23. The monoisotopic (exact) mass is 512 g/mol. The quantitative estimate of drug-likeness (QED) is 0.203. The van der Waals surface area contributed by atoms with Gasteiger partial charge in [-0.25, -0.2) is 4.79 Å². The van der Waals surface area contributed by atoms with Crippen molar-refractivity contribution in [1.82, 2.24) is 9.88 Å². The van der Waals surface area contributed by atoms with Crippen LogP contribution >= 0.6 is 0 Å². The number of ether oxygens (including phenoxy) is 1. The predicted molar refractivity (Wildman–Crippen MR) is 144 cm³/mol. The van der Waals surface area contributed by atoms with Gasteiger partial charge in [-0.2, -0.15) is 0 Å². The second-order valence-electron chi connectivity index (χ2n) is 10.4. The molecule has 1 atom stereocenters. The van der Waals surface area contributed by atoms with Crippen LogP contribution in [0.1, 0.15) is 71.9 Å². The van der Waals surface area contributed by atoms with Crippen molar-refractivity contribution in [2.75, 3.05) is 6.61 Å². The summed E-state index contributed by atoms with van der Waals surface area (Å²) in [6, 6.07) is 15.2. The van der Waals surface area contributed by atoms with Crippen LogP contribution in [0.5, 0.6) is 0 Å². The fraction of sp³-hybridized carbons (Fsp3) is 0.290. The van der Waals surface area contributed by atoms with Gasteiger partial charge in [0, 0.05) is 24.5 Å². The third-order valence-corrected chi connectivity index (χ3v) is 6.74. The largest absolute Gasteiger partial charge is 0.507 e. The molecule has 1 aliphatic heterocycles. The lowest BCUT2D eigenvalue weighted by atomic mass is 9.84. The zero-order chi connectivity index (χ0) is 27.6. The van der Waals surface area contributed by atoms with Gasteiger partial charge < -0.3 is 14.7 Å². The number of aliphatic hydroxyl groups is 1. The van der Waals surface area contributed by atoms with E-state index in [-0.39, 0.29) is 29.9 Å². The molecule has 0 bridgehead atoms. The SMILES string of the molecule is CCOC(=O)c1ccc(CN2C(=O)C(=O)/C(=C(/O)c3cc(C(C)(C)C)ccc3C)C2c2ccncc2)cc1. The third-order valence-electron chi connectivity index (χ3n) is 6.74. The highest BCUT2D eigenvalue weighted by molar-refractivity contribution is 6.46. The minimum absolute atomic E-state index is 0.0403. The Morgan fingerprint density at radius 3 is 2.29 bits per heavy atom. The smallest absolute Gasteiger partial charge is 0.338 e. The van der Waals surface area contributed by atoms with Gasteiger partial charge in [0.2, 0.25) is 0 Å². The highest BCUT2D eigenvalue weighted by Gasteiger charge is 2.46. The van der Waals surface area contributed by atoms with Crippen LogP contribution in [0, 0.1) is 6.92 Å². The lowest BCUT2D eigenvalue weighted by Crippen LogP contribution is -2.29. The van der Waals surface area contributed by atoms with E-state index in [1.54, 1.807) is 55.7 Å². The van der Waals surface area contributed by atoms with E-state index in [9.17, 15) is 19.5 Å². The Labute approximate surface area is 222 Å². The summed E-state index contributed by atoms with van der Waals surface area (Å²) in [6.07, 6.45) is 3.18. The van der Waals surface area contributed by atoms with Crippen LogP contribution in [0.3, 0.4) is 0 Å². The van der Waals surface area contributed by atoms with E-state index in [0.717, 1.165) is 16.7 Å². The van der Waals surface area contributed by atoms with Gasteiger partial charge in [0.1, 0.15) is 5.76 Å². The van der Waals surface area contributed by atoms with E-state index in [4.69, 9.17) is 4.74 Å². The molecule has 1 aliphatic rings. The van der Waals surface area contributed by atoms with Crippen molar-refractivity contribution in [1.29, 1.82) is 0 Å². The zero-order valence-corrected chi connectivity index (χ0v) is 22.3. The fourth-order valence-electron chi connectivity index (χ4n) is 4.58. The van der Waals surface area contributed by atoms with E-state index in [1.165, 1.54) is 4.90 Å². The number of pyridine rings is 1. The number of carbonyl (C=O) groups is 3. The molecule has 0 spiro atoms. The number of esters is 1. The van der Waals surface area contributed by atoms with Crippen molar-refractivity contribution in [2.24, 2.45) is 0 Å². The van der Waals surface area contributed by atoms with Gasteiger partial charge in [-0.1, -0.05) is 45.0 Å². The lowest BCUT2D eigenvalue weighted by molar-refractivity contribution is -0.140. The van der Waals surface area contributed by atoms with Gasteiger partial charge in [0.15, 0.2) is 0 Å². The summed E-state index contributed by atoms with van der Waals surface area (Å²) < 4.78 is 5.04. The average molecular weight is 513 g/mol. The molecule has 1 N–H and O–H groups in total. The molecule has 1 saturated heterocycles. The number of benzene rings is 2. The molecule has 7 heteroatoms. The van der Waals surface area contributed by atoms with E-state index < -0.39 is 23.7 Å². The lowest BCUT2D eigenvalue weighted by Gasteiger charge is -2.26. The molecule has 3 aromatic rings. The van der Waals surface area contributed by atoms with Crippen LogP contribution in [0.25, 0.3) is 5.76 Å². The van der Waals surface area contributed by atoms with Gasteiger partial charge in [-0.05, 0) is 71.8 Å². The molecule has 2 heterocycles. The summed E-state index contributed by atoms with van der Waals surface area (Å²) in [6.45, 7) is 10.2. The predicted octanol–water partition coefficient (Wildman–Crippen LogP) is 5.49. The van der Waals surface area contributed by atoms with Crippen molar-refractivity contribution in [2.45, 2.75) is 52.6 Å². The first kappa shape index (κ1) is 26.8. The van der Waals surface area contributed by atoms with Crippen LogP contribution in [0.4, 0.5) is 0 Å². The molecule has 2 aromatic carbocycles. The van der Waals surface area contributed by atoms with Crippen molar-refractivity contribution in [3.8, 4) is 0 Å². The maximum atomic E-state index is 13.4. The molecule has 1 amide bonds. The van der Waals surface area contributed by atoms with Crippen molar-refractivity contribution in [3.05, 3.63) is 106 Å². The Balaban J connectivity index is 1.80. The topological polar surface area (TPSA) is 96.8 Å². The standard InChI is InChI=1S/C31H32N2O5/c1-6-38-30(37)22-10-8-20(9-11-22)18-33-26(21-13-15-32-16-14-21)25(28(35)29(33)36)27(34)24-17-23(31(3,4)5)12-7-19(24)2/h7-17,26,34H,6,18H2,1-5H3/b27-25+. The number of hydrogen-bond donors (Lipinski definition) is 1. The number of hydrogen-bond acceptors (Lipinski definition) is 6. The summed E-state index contributed by atoms with van der Waals surface area (Å²) in [5, 5.41) is 11.6. The highest BCUT2D eigenvalue weighted by atomic mass is 16.5. The number of aryl methyl sites for hydroxylation is 1. The van der Waals surface area contributed by atoms with Crippen LogP contribution in [-0.2, 0) is 26.3 Å². The van der Waals surface area contributed by atoms with E-state index >= 15 is 0 Å². The number of amides is 1. The minimum atomic E-state index is -0.805. The first-order chi connectivity index (χ1) is 18.0. The molecular formula is C31H32N2O5. The molecule has 4 rings (SSSR count). The summed E-state index contributed by atoms with van der Waals surface area (Å²) in [5.74, 6) is -2.07. The molecule has 0 saturated carbocycles. The maximum Gasteiger partial charge on any atom is 0.338 e. The number of rotatable bonds is 6. The van der Waals surface area contributed by atoms with Crippen LogP contribution in [-0.4, -0.2) is 39.3 Å². The number of aliphatic hydroxyl groups excluding tert-OH is 1. The van der Waals surface area contributed by atoms with Gasteiger partial charge in [0.25, 0.3) is 11.7 Å². The Kier molecular flexibility index (Phi) is 7.49. The molecule has 0 radical (unpaired) electrons.